The smallest absolute Gasteiger partial charge is 0.276 e. The molecule has 84 valence electrons. The molecule has 0 atom stereocenters. The fourth-order valence-corrected chi connectivity index (χ4v) is 2.32. The maximum Gasteiger partial charge on any atom is 0.276 e. The summed E-state index contributed by atoms with van der Waals surface area (Å²) in [6.07, 6.45) is 3.36. The van der Waals surface area contributed by atoms with Gasteiger partial charge in [0.1, 0.15) is 0 Å². The Bertz CT molecular complexity index is 297. The average Bonchev–Trinajstić information content (AvgIpc) is 2.76. The van der Waals surface area contributed by atoms with Crippen molar-refractivity contribution in [2.45, 2.75) is 37.3 Å². The van der Waals surface area contributed by atoms with Crippen molar-refractivity contribution in [1.82, 2.24) is 15.5 Å². The van der Waals surface area contributed by atoms with Crippen LogP contribution < -0.4 is 5.32 Å². The third kappa shape index (κ3) is 2.95. The van der Waals surface area contributed by atoms with Gasteiger partial charge in [-0.3, -0.25) is 0 Å². The van der Waals surface area contributed by atoms with Gasteiger partial charge in [-0.15, -0.1) is 10.2 Å². The molecule has 1 aromatic rings. The third-order valence-electron chi connectivity index (χ3n) is 2.54. The lowest BCUT2D eigenvalue weighted by atomic mass is 9.98. The van der Waals surface area contributed by atoms with Crippen LogP contribution in [0.4, 0.5) is 0 Å². The van der Waals surface area contributed by atoms with Gasteiger partial charge in [-0.25, -0.2) is 0 Å². The van der Waals surface area contributed by atoms with E-state index in [-0.39, 0.29) is 0 Å². The first kappa shape index (κ1) is 11.0. The van der Waals surface area contributed by atoms with Crippen LogP contribution in [0.3, 0.4) is 0 Å². The van der Waals surface area contributed by atoms with Crippen molar-refractivity contribution in [2.75, 3.05) is 18.8 Å². The molecule has 0 amide bonds. The fraction of sp³-hybridized carbons (Fsp3) is 0.800. The minimum absolute atomic E-state index is 0.467. The van der Waals surface area contributed by atoms with Gasteiger partial charge in [-0.05, 0) is 32.4 Å². The van der Waals surface area contributed by atoms with Crippen molar-refractivity contribution in [2.24, 2.45) is 0 Å². The summed E-state index contributed by atoms with van der Waals surface area (Å²) in [7, 11) is 0. The number of thioether (sulfide) groups is 1. The van der Waals surface area contributed by atoms with Crippen LogP contribution >= 0.6 is 11.8 Å². The molecule has 0 unspecified atom stereocenters. The normalized spacial score (nSPS) is 18.2. The molecule has 1 aliphatic rings. The predicted octanol–water partition coefficient (Wildman–Crippen LogP) is 2.04. The Hall–Kier alpha value is -0.550. The molecule has 4 nitrogen and oxygen atoms in total. The Kier molecular flexibility index (Phi) is 4.02. The second kappa shape index (κ2) is 5.51. The summed E-state index contributed by atoms with van der Waals surface area (Å²) >= 11 is 1.65. The van der Waals surface area contributed by atoms with Gasteiger partial charge in [0.25, 0.3) is 5.22 Å². The highest BCUT2D eigenvalue weighted by Gasteiger charge is 2.20. The number of hydrogen-bond donors (Lipinski definition) is 1. The summed E-state index contributed by atoms with van der Waals surface area (Å²) in [5, 5.41) is 12.2. The van der Waals surface area contributed by atoms with Gasteiger partial charge in [0.2, 0.25) is 5.89 Å². The molecule has 1 aliphatic heterocycles. The van der Waals surface area contributed by atoms with Crippen molar-refractivity contribution < 1.29 is 4.42 Å². The van der Waals surface area contributed by atoms with E-state index in [9.17, 15) is 0 Å². The summed E-state index contributed by atoms with van der Waals surface area (Å²) in [6, 6.07) is 0. The lowest BCUT2D eigenvalue weighted by molar-refractivity contribution is 0.342. The van der Waals surface area contributed by atoms with E-state index >= 15 is 0 Å². The van der Waals surface area contributed by atoms with Crippen molar-refractivity contribution in [3.8, 4) is 0 Å². The van der Waals surface area contributed by atoms with Gasteiger partial charge in [0.05, 0.1) is 0 Å². The highest BCUT2D eigenvalue weighted by molar-refractivity contribution is 7.99. The molecule has 1 N–H and O–H groups in total. The van der Waals surface area contributed by atoms with E-state index in [2.05, 4.69) is 22.4 Å². The second-order valence-corrected chi connectivity index (χ2v) is 4.83. The van der Waals surface area contributed by atoms with Gasteiger partial charge in [-0.2, -0.15) is 0 Å². The van der Waals surface area contributed by atoms with E-state index in [1.165, 1.54) is 0 Å². The van der Waals surface area contributed by atoms with Gasteiger partial charge >= 0.3 is 0 Å². The van der Waals surface area contributed by atoms with Crippen LogP contribution in [0.1, 0.15) is 38.0 Å². The summed E-state index contributed by atoms with van der Waals surface area (Å²) in [6.45, 7) is 4.27. The average molecular weight is 227 g/mol. The van der Waals surface area contributed by atoms with Crippen LogP contribution in [0.2, 0.25) is 0 Å². The number of nitrogens with one attached hydrogen (secondary N) is 1. The SMILES string of the molecule is CCCSc1nnc(C2CCNCC2)o1. The molecular weight excluding hydrogens is 210 g/mol. The molecule has 0 spiro atoms. The van der Waals surface area contributed by atoms with E-state index in [1.807, 2.05) is 0 Å². The van der Waals surface area contributed by atoms with Crippen molar-refractivity contribution in [3.05, 3.63) is 5.89 Å². The fourth-order valence-electron chi connectivity index (χ4n) is 1.70. The molecule has 2 heterocycles. The molecule has 15 heavy (non-hydrogen) atoms. The number of nitrogens with zero attached hydrogens (tertiary/aromatic N) is 2. The Labute approximate surface area is 94.2 Å². The lowest BCUT2D eigenvalue weighted by Crippen LogP contribution is -2.26. The molecule has 0 bridgehead atoms. The van der Waals surface area contributed by atoms with E-state index in [0.717, 1.165) is 49.2 Å². The minimum Gasteiger partial charge on any atom is -0.416 e. The molecular formula is C10H17N3OS. The minimum atomic E-state index is 0.467. The molecule has 0 saturated carbocycles. The summed E-state index contributed by atoms with van der Waals surface area (Å²) < 4.78 is 5.64. The molecule has 1 aromatic heterocycles. The topological polar surface area (TPSA) is 51.0 Å². The maximum absolute atomic E-state index is 5.64. The van der Waals surface area contributed by atoms with Crippen molar-refractivity contribution in [3.63, 3.8) is 0 Å². The van der Waals surface area contributed by atoms with Crippen molar-refractivity contribution >= 4 is 11.8 Å². The van der Waals surface area contributed by atoms with Crippen LogP contribution in [-0.2, 0) is 0 Å². The Morgan fingerprint density at radius 2 is 2.20 bits per heavy atom. The largest absolute Gasteiger partial charge is 0.416 e. The Morgan fingerprint density at radius 1 is 1.40 bits per heavy atom. The number of hydrogen-bond acceptors (Lipinski definition) is 5. The zero-order chi connectivity index (χ0) is 10.5. The molecule has 0 aliphatic carbocycles. The van der Waals surface area contributed by atoms with Gasteiger partial charge in [-0.1, -0.05) is 18.7 Å². The zero-order valence-corrected chi connectivity index (χ0v) is 9.85. The molecule has 2 rings (SSSR count). The molecule has 0 radical (unpaired) electrons. The summed E-state index contributed by atoms with van der Waals surface area (Å²) in [5.41, 5.74) is 0. The molecule has 1 fully saturated rings. The van der Waals surface area contributed by atoms with Crippen molar-refractivity contribution in [1.29, 1.82) is 0 Å². The standard InChI is InChI=1S/C10H17N3OS/c1-2-7-15-10-13-12-9(14-10)8-3-5-11-6-4-8/h8,11H,2-7H2,1H3. The van der Waals surface area contributed by atoms with Crippen LogP contribution in [-0.4, -0.2) is 29.0 Å². The van der Waals surface area contributed by atoms with Crippen LogP contribution in [0.15, 0.2) is 9.64 Å². The zero-order valence-electron chi connectivity index (χ0n) is 9.03. The monoisotopic (exact) mass is 227 g/mol. The van der Waals surface area contributed by atoms with Crippen LogP contribution in [0, 0.1) is 0 Å². The van der Waals surface area contributed by atoms with Gasteiger partial charge in [0, 0.05) is 11.7 Å². The Morgan fingerprint density at radius 3 is 2.93 bits per heavy atom. The highest BCUT2D eigenvalue weighted by atomic mass is 32.2. The van der Waals surface area contributed by atoms with Gasteiger partial charge < -0.3 is 9.73 Å². The van der Waals surface area contributed by atoms with Gasteiger partial charge in [0.15, 0.2) is 0 Å². The van der Waals surface area contributed by atoms with E-state index in [1.54, 1.807) is 11.8 Å². The van der Waals surface area contributed by atoms with E-state index in [4.69, 9.17) is 4.42 Å². The summed E-state index contributed by atoms with van der Waals surface area (Å²) in [5.74, 6) is 2.35. The van der Waals surface area contributed by atoms with E-state index < -0.39 is 0 Å². The lowest BCUT2D eigenvalue weighted by Gasteiger charge is -2.18. The second-order valence-electron chi connectivity index (χ2n) is 3.78. The Balaban J connectivity index is 1.93. The first-order valence-corrected chi connectivity index (χ1v) is 6.55. The molecule has 0 aromatic carbocycles. The molecule has 1 saturated heterocycles. The third-order valence-corrected chi connectivity index (χ3v) is 3.56. The highest BCUT2D eigenvalue weighted by Crippen LogP contribution is 2.26. The number of piperidine rings is 1. The van der Waals surface area contributed by atoms with E-state index in [0.29, 0.717) is 5.92 Å². The molecule has 5 heteroatoms. The quantitative estimate of drug-likeness (QED) is 0.798. The maximum atomic E-state index is 5.64. The first-order chi connectivity index (χ1) is 7.40. The number of rotatable bonds is 4. The van der Waals surface area contributed by atoms with Crippen LogP contribution in [0.5, 0.6) is 0 Å². The van der Waals surface area contributed by atoms with Crippen LogP contribution in [0.25, 0.3) is 0 Å². The summed E-state index contributed by atoms with van der Waals surface area (Å²) in [4.78, 5) is 0. The predicted molar refractivity (Wildman–Crippen MR) is 60.2 cm³/mol. The number of aromatic nitrogens is 2. The first-order valence-electron chi connectivity index (χ1n) is 5.57.